The van der Waals surface area contributed by atoms with Crippen LogP contribution in [0.1, 0.15) is 20.3 Å². The van der Waals surface area contributed by atoms with Crippen LogP contribution in [0.15, 0.2) is 0 Å². The van der Waals surface area contributed by atoms with Crippen molar-refractivity contribution in [3.8, 4) is 0 Å². The molecule has 1 fully saturated rings. The summed E-state index contributed by atoms with van der Waals surface area (Å²) < 4.78 is 5.25. The molecule has 1 aliphatic heterocycles. The zero-order valence-corrected chi connectivity index (χ0v) is 5.42. The molecule has 3 atom stereocenters. The average Bonchev–Trinajstić information content (AvgIpc) is 1.85. The van der Waals surface area contributed by atoms with Gasteiger partial charge in [-0.05, 0) is 19.3 Å². The Balaban J connectivity index is 2.39. The van der Waals surface area contributed by atoms with Gasteiger partial charge in [0, 0.05) is 6.00 Å². The summed E-state index contributed by atoms with van der Waals surface area (Å²) in [7, 11) is 5.55. The molecule has 8 heavy (non-hydrogen) atoms. The minimum atomic E-state index is -0.00926. The Morgan fingerprint density at radius 2 is 2.12 bits per heavy atom. The van der Waals surface area contributed by atoms with Crippen molar-refractivity contribution in [2.45, 2.75) is 32.4 Å². The highest BCUT2D eigenvalue weighted by molar-refractivity contribution is 6.11. The van der Waals surface area contributed by atoms with Crippen molar-refractivity contribution in [1.29, 1.82) is 0 Å². The van der Waals surface area contributed by atoms with Crippen LogP contribution in [0.4, 0.5) is 0 Å². The second-order valence-corrected chi connectivity index (χ2v) is 2.62. The van der Waals surface area contributed by atoms with Crippen molar-refractivity contribution in [2.75, 3.05) is 0 Å². The first-order valence-electron chi connectivity index (χ1n) is 3.11. The SMILES string of the molecule is [B][C@@H]1O[C@H](C)C[C@@H]1C. The van der Waals surface area contributed by atoms with E-state index < -0.39 is 0 Å². The Labute approximate surface area is 51.8 Å². The molecular weight excluding hydrogens is 98.9 g/mol. The smallest absolute Gasteiger partial charge is 0.109 e. The van der Waals surface area contributed by atoms with Crippen molar-refractivity contribution in [3.63, 3.8) is 0 Å². The van der Waals surface area contributed by atoms with Crippen LogP contribution in [0.25, 0.3) is 0 Å². The largest absolute Gasteiger partial charge is 0.385 e. The molecule has 0 aliphatic carbocycles. The highest BCUT2D eigenvalue weighted by Crippen LogP contribution is 2.22. The van der Waals surface area contributed by atoms with Gasteiger partial charge in [-0.15, -0.1) is 0 Å². The molecule has 0 N–H and O–H groups in total. The maximum atomic E-state index is 5.55. The zero-order chi connectivity index (χ0) is 6.15. The Morgan fingerprint density at radius 3 is 2.25 bits per heavy atom. The first-order valence-corrected chi connectivity index (χ1v) is 3.11. The molecule has 0 spiro atoms. The predicted molar refractivity (Wildman–Crippen MR) is 33.9 cm³/mol. The van der Waals surface area contributed by atoms with Gasteiger partial charge in [0.15, 0.2) is 0 Å². The summed E-state index contributed by atoms with van der Waals surface area (Å²) in [6.45, 7) is 4.18. The second kappa shape index (κ2) is 2.10. The van der Waals surface area contributed by atoms with Crippen LogP contribution in [-0.2, 0) is 4.74 Å². The van der Waals surface area contributed by atoms with Crippen LogP contribution in [-0.4, -0.2) is 20.0 Å². The highest BCUT2D eigenvalue weighted by Gasteiger charge is 2.24. The molecule has 0 unspecified atom stereocenters. The third kappa shape index (κ3) is 1.05. The fourth-order valence-electron chi connectivity index (χ4n) is 1.12. The fraction of sp³-hybridized carbons (Fsp3) is 1.00. The first kappa shape index (κ1) is 6.15. The van der Waals surface area contributed by atoms with E-state index in [1.54, 1.807) is 0 Å². The van der Waals surface area contributed by atoms with E-state index in [1.807, 2.05) is 0 Å². The number of hydrogen-bond acceptors (Lipinski definition) is 1. The number of rotatable bonds is 0. The molecule has 44 valence electrons. The predicted octanol–water partition coefficient (Wildman–Crippen LogP) is 0.926. The zero-order valence-electron chi connectivity index (χ0n) is 5.42. The van der Waals surface area contributed by atoms with E-state index in [1.165, 1.54) is 0 Å². The molecule has 1 aliphatic rings. The van der Waals surface area contributed by atoms with E-state index in [-0.39, 0.29) is 6.00 Å². The molecule has 2 radical (unpaired) electrons. The van der Waals surface area contributed by atoms with Crippen LogP contribution >= 0.6 is 0 Å². The Kier molecular flexibility index (Phi) is 1.61. The van der Waals surface area contributed by atoms with Gasteiger partial charge in [-0.3, -0.25) is 0 Å². The van der Waals surface area contributed by atoms with E-state index in [4.69, 9.17) is 12.6 Å². The standard InChI is InChI=1S/C6H11BO/c1-4-3-5(2)8-6(4)7/h4-6H,3H2,1-2H3/t4-,5+,6+/m0/s1. The summed E-state index contributed by atoms with van der Waals surface area (Å²) in [5.74, 6) is 0.546. The molecule has 1 heterocycles. The van der Waals surface area contributed by atoms with E-state index >= 15 is 0 Å². The molecule has 0 aromatic carbocycles. The molecule has 2 heteroatoms. The van der Waals surface area contributed by atoms with Crippen molar-refractivity contribution in [3.05, 3.63) is 0 Å². The molecule has 1 saturated heterocycles. The summed E-state index contributed by atoms with van der Waals surface area (Å²) in [5, 5.41) is 0. The fourth-order valence-corrected chi connectivity index (χ4v) is 1.12. The lowest BCUT2D eigenvalue weighted by Gasteiger charge is -2.06. The molecule has 0 saturated carbocycles. The van der Waals surface area contributed by atoms with Crippen LogP contribution in [0.3, 0.4) is 0 Å². The molecule has 0 amide bonds. The molecule has 1 rings (SSSR count). The monoisotopic (exact) mass is 110 g/mol. The van der Waals surface area contributed by atoms with E-state index in [9.17, 15) is 0 Å². The summed E-state index contributed by atoms with van der Waals surface area (Å²) >= 11 is 0. The van der Waals surface area contributed by atoms with Crippen LogP contribution < -0.4 is 0 Å². The Hall–Kier alpha value is 0.0249. The van der Waals surface area contributed by atoms with Crippen LogP contribution in [0.2, 0.25) is 0 Å². The maximum Gasteiger partial charge on any atom is 0.109 e. The van der Waals surface area contributed by atoms with E-state index in [0.717, 1.165) is 6.42 Å². The lowest BCUT2D eigenvalue weighted by molar-refractivity contribution is 0.0948. The summed E-state index contributed by atoms with van der Waals surface area (Å²) in [6.07, 6.45) is 1.49. The van der Waals surface area contributed by atoms with Gasteiger partial charge in [0.25, 0.3) is 0 Å². The quantitative estimate of drug-likeness (QED) is 0.421. The van der Waals surface area contributed by atoms with Crippen molar-refractivity contribution in [1.82, 2.24) is 0 Å². The van der Waals surface area contributed by atoms with Gasteiger partial charge in [0.2, 0.25) is 0 Å². The lowest BCUT2D eigenvalue weighted by atomic mass is 9.88. The minimum Gasteiger partial charge on any atom is -0.385 e. The third-order valence-corrected chi connectivity index (χ3v) is 1.65. The summed E-state index contributed by atoms with van der Waals surface area (Å²) in [6, 6.07) is -0.00926. The average molecular weight is 110 g/mol. The molecular formula is C6H11BO. The summed E-state index contributed by atoms with van der Waals surface area (Å²) in [5.41, 5.74) is 0. The van der Waals surface area contributed by atoms with Gasteiger partial charge in [0.1, 0.15) is 7.85 Å². The van der Waals surface area contributed by atoms with E-state index in [0.29, 0.717) is 12.0 Å². The molecule has 0 aromatic heterocycles. The van der Waals surface area contributed by atoms with Gasteiger partial charge in [-0.25, -0.2) is 0 Å². The number of hydrogen-bond donors (Lipinski definition) is 0. The first-order chi connectivity index (χ1) is 3.70. The van der Waals surface area contributed by atoms with Gasteiger partial charge < -0.3 is 4.74 Å². The number of ether oxygens (including phenoxy) is 1. The summed E-state index contributed by atoms with van der Waals surface area (Å²) in [4.78, 5) is 0. The van der Waals surface area contributed by atoms with Crippen molar-refractivity contribution in [2.24, 2.45) is 5.92 Å². The van der Waals surface area contributed by atoms with Gasteiger partial charge in [0.05, 0.1) is 6.10 Å². The molecule has 0 aromatic rings. The highest BCUT2D eigenvalue weighted by atomic mass is 16.5. The topological polar surface area (TPSA) is 9.23 Å². The second-order valence-electron chi connectivity index (χ2n) is 2.62. The van der Waals surface area contributed by atoms with Crippen LogP contribution in [0, 0.1) is 5.92 Å². The van der Waals surface area contributed by atoms with Crippen molar-refractivity contribution >= 4 is 7.85 Å². The third-order valence-electron chi connectivity index (χ3n) is 1.65. The van der Waals surface area contributed by atoms with E-state index in [2.05, 4.69) is 13.8 Å². The maximum absolute atomic E-state index is 5.55. The Morgan fingerprint density at radius 1 is 1.50 bits per heavy atom. The van der Waals surface area contributed by atoms with Gasteiger partial charge >= 0.3 is 0 Å². The lowest BCUT2D eigenvalue weighted by Crippen LogP contribution is -2.12. The Bertz CT molecular complexity index is 74.6. The normalized spacial score (nSPS) is 47.5. The van der Waals surface area contributed by atoms with Gasteiger partial charge in [-0.2, -0.15) is 0 Å². The van der Waals surface area contributed by atoms with Crippen molar-refractivity contribution < 1.29 is 4.74 Å². The molecule has 1 nitrogen and oxygen atoms in total. The van der Waals surface area contributed by atoms with Crippen LogP contribution in [0.5, 0.6) is 0 Å². The minimum absolute atomic E-state index is 0.00926. The van der Waals surface area contributed by atoms with Gasteiger partial charge in [-0.1, -0.05) is 6.92 Å². The molecule has 0 bridgehead atoms.